The summed E-state index contributed by atoms with van der Waals surface area (Å²) in [6, 6.07) is 1.23. The van der Waals surface area contributed by atoms with E-state index >= 15 is 0 Å². The number of carbonyl (C=O) groups is 1. The summed E-state index contributed by atoms with van der Waals surface area (Å²) in [6.45, 7) is 4.58. The van der Waals surface area contributed by atoms with E-state index in [-0.39, 0.29) is 17.2 Å². The van der Waals surface area contributed by atoms with Crippen LogP contribution in [-0.4, -0.2) is 29.4 Å². The Kier molecular flexibility index (Phi) is 5.23. The Balaban J connectivity index is 2.93. The number of anilines is 1. The predicted molar refractivity (Wildman–Crippen MR) is 72.2 cm³/mol. The van der Waals surface area contributed by atoms with Crippen LogP contribution >= 0.6 is 0 Å². The molecule has 0 bridgehead atoms. The molecule has 0 spiro atoms. The number of hydrogen-bond donors (Lipinski definition) is 2. The lowest BCUT2D eigenvalue weighted by molar-refractivity contribution is -0.385. The van der Waals surface area contributed by atoms with Gasteiger partial charge in [0, 0.05) is 19.7 Å². The number of nitrogens with one attached hydrogen (secondary N) is 2. The van der Waals surface area contributed by atoms with Gasteiger partial charge in [0.2, 0.25) is 0 Å². The fourth-order valence-corrected chi connectivity index (χ4v) is 1.43. The van der Waals surface area contributed by atoms with Crippen molar-refractivity contribution in [3.63, 3.8) is 0 Å². The van der Waals surface area contributed by atoms with E-state index in [4.69, 9.17) is 0 Å². The molecular formula is C12H18N4O3. The lowest BCUT2D eigenvalue weighted by Gasteiger charge is -2.11. The van der Waals surface area contributed by atoms with Crippen molar-refractivity contribution in [3.05, 3.63) is 27.9 Å². The van der Waals surface area contributed by atoms with Crippen molar-refractivity contribution in [1.29, 1.82) is 0 Å². The predicted octanol–water partition coefficient (Wildman–Crippen LogP) is 1.81. The van der Waals surface area contributed by atoms with E-state index in [1.807, 2.05) is 13.8 Å². The molecule has 0 aliphatic carbocycles. The van der Waals surface area contributed by atoms with Gasteiger partial charge in [-0.05, 0) is 5.92 Å². The zero-order valence-electron chi connectivity index (χ0n) is 11.3. The fourth-order valence-electron chi connectivity index (χ4n) is 1.43. The summed E-state index contributed by atoms with van der Waals surface area (Å²) < 4.78 is 0. The molecule has 0 fully saturated rings. The number of carbonyl (C=O) groups excluding carboxylic acids is 1. The largest absolute Gasteiger partial charge is 0.372 e. The van der Waals surface area contributed by atoms with Crippen molar-refractivity contribution in [2.45, 2.75) is 20.3 Å². The van der Waals surface area contributed by atoms with Crippen molar-refractivity contribution in [1.82, 2.24) is 10.3 Å². The Hall–Kier alpha value is -2.18. The van der Waals surface area contributed by atoms with Crippen LogP contribution in [0.15, 0.2) is 12.3 Å². The monoisotopic (exact) mass is 266 g/mol. The highest BCUT2D eigenvalue weighted by atomic mass is 16.6. The van der Waals surface area contributed by atoms with E-state index < -0.39 is 4.92 Å². The third-order valence-electron chi connectivity index (χ3n) is 2.87. The first-order valence-corrected chi connectivity index (χ1v) is 6.10. The molecule has 1 aromatic rings. The maximum Gasteiger partial charge on any atom is 0.288 e. The summed E-state index contributed by atoms with van der Waals surface area (Å²) in [5, 5.41) is 16.2. The van der Waals surface area contributed by atoms with Gasteiger partial charge in [0.25, 0.3) is 11.6 Å². The second kappa shape index (κ2) is 6.67. The Labute approximate surface area is 111 Å². The molecule has 7 heteroatoms. The van der Waals surface area contributed by atoms with E-state index in [0.717, 1.165) is 12.6 Å². The van der Waals surface area contributed by atoms with E-state index in [1.54, 1.807) is 7.05 Å². The van der Waals surface area contributed by atoms with Crippen LogP contribution in [0.4, 0.5) is 11.5 Å². The van der Waals surface area contributed by atoms with Crippen molar-refractivity contribution < 1.29 is 9.72 Å². The Morgan fingerprint density at radius 3 is 2.79 bits per heavy atom. The summed E-state index contributed by atoms with van der Waals surface area (Å²) in [5.74, 6) is 0.321. The topological polar surface area (TPSA) is 97.2 Å². The number of rotatable bonds is 6. The van der Waals surface area contributed by atoms with E-state index in [2.05, 4.69) is 15.6 Å². The number of nitro groups is 1. The summed E-state index contributed by atoms with van der Waals surface area (Å²) in [4.78, 5) is 26.0. The smallest absolute Gasteiger partial charge is 0.288 e. The minimum absolute atomic E-state index is 0.181. The van der Waals surface area contributed by atoms with Crippen LogP contribution in [0.3, 0.4) is 0 Å². The fraction of sp³-hybridized carbons (Fsp3) is 0.500. The minimum Gasteiger partial charge on any atom is -0.372 e. The van der Waals surface area contributed by atoms with Crippen LogP contribution in [-0.2, 0) is 0 Å². The highest BCUT2D eigenvalue weighted by molar-refractivity contribution is 5.99. The Morgan fingerprint density at radius 1 is 1.58 bits per heavy atom. The molecule has 2 N–H and O–H groups in total. The molecule has 19 heavy (non-hydrogen) atoms. The first kappa shape index (κ1) is 14.9. The Morgan fingerprint density at radius 2 is 2.26 bits per heavy atom. The molecule has 0 aliphatic heterocycles. The second-order valence-corrected chi connectivity index (χ2v) is 4.32. The minimum atomic E-state index is -0.572. The molecule has 1 aromatic heterocycles. The number of aromatic nitrogens is 1. The van der Waals surface area contributed by atoms with E-state index in [9.17, 15) is 14.9 Å². The molecule has 0 radical (unpaired) electrons. The molecule has 0 aromatic carbocycles. The van der Waals surface area contributed by atoms with Crippen LogP contribution in [0, 0.1) is 16.0 Å². The maximum absolute atomic E-state index is 12.0. The van der Waals surface area contributed by atoms with Crippen molar-refractivity contribution in [2.75, 3.05) is 18.9 Å². The average Bonchev–Trinajstić information content (AvgIpc) is 2.43. The molecule has 104 valence electrons. The number of amides is 1. The number of pyridine rings is 1. The molecule has 1 amide bonds. The van der Waals surface area contributed by atoms with Crippen LogP contribution in [0.1, 0.15) is 30.6 Å². The summed E-state index contributed by atoms with van der Waals surface area (Å²) in [7, 11) is 1.61. The zero-order chi connectivity index (χ0) is 14.4. The quantitative estimate of drug-likeness (QED) is 0.604. The standard InChI is InChI=1S/C12H18N4O3/c1-4-8(2)6-15-12(17)10-5-9(16(18)19)7-14-11(10)13-3/h5,7-8H,4,6H2,1-3H3,(H,13,14)(H,15,17). The molecule has 1 unspecified atom stereocenters. The number of hydrogen-bond acceptors (Lipinski definition) is 5. The number of nitrogens with zero attached hydrogens (tertiary/aromatic N) is 2. The molecule has 1 rings (SSSR count). The SMILES string of the molecule is CCC(C)CNC(=O)c1cc([N+](=O)[O-])cnc1NC. The summed E-state index contributed by atoms with van der Waals surface area (Å²) in [6.07, 6.45) is 2.07. The molecule has 0 aliphatic rings. The van der Waals surface area contributed by atoms with Gasteiger partial charge in [0.1, 0.15) is 12.0 Å². The highest BCUT2D eigenvalue weighted by Crippen LogP contribution is 2.18. The van der Waals surface area contributed by atoms with Crippen molar-refractivity contribution >= 4 is 17.4 Å². The highest BCUT2D eigenvalue weighted by Gasteiger charge is 2.17. The third kappa shape index (κ3) is 3.90. The van der Waals surface area contributed by atoms with Crippen LogP contribution in [0.2, 0.25) is 0 Å². The molecule has 1 heterocycles. The molecule has 0 saturated heterocycles. The van der Waals surface area contributed by atoms with Gasteiger partial charge in [-0.1, -0.05) is 20.3 Å². The maximum atomic E-state index is 12.0. The third-order valence-corrected chi connectivity index (χ3v) is 2.87. The first-order chi connectivity index (χ1) is 8.99. The zero-order valence-corrected chi connectivity index (χ0v) is 11.3. The molecule has 1 atom stereocenters. The van der Waals surface area contributed by atoms with Crippen molar-refractivity contribution in [3.8, 4) is 0 Å². The normalized spacial score (nSPS) is 11.7. The second-order valence-electron chi connectivity index (χ2n) is 4.32. The van der Waals surface area contributed by atoms with Crippen LogP contribution in [0.5, 0.6) is 0 Å². The van der Waals surface area contributed by atoms with Crippen LogP contribution < -0.4 is 10.6 Å². The lowest BCUT2D eigenvalue weighted by atomic mass is 10.1. The van der Waals surface area contributed by atoms with Gasteiger partial charge in [0.15, 0.2) is 0 Å². The van der Waals surface area contributed by atoms with E-state index in [1.165, 1.54) is 6.07 Å². The van der Waals surface area contributed by atoms with E-state index in [0.29, 0.717) is 18.3 Å². The summed E-state index contributed by atoms with van der Waals surface area (Å²) in [5.41, 5.74) is -0.0207. The van der Waals surface area contributed by atoms with Gasteiger partial charge < -0.3 is 10.6 Å². The first-order valence-electron chi connectivity index (χ1n) is 6.10. The van der Waals surface area contributed by atoms with Gasteiger partial charge in [-0.3, -0.25) is 14.9 Å². The van der Waals surface area contributed by atoms with Gasteiger partial charge in [-0.2, -0.15) is 0 Å². The average molecular weight is 266 g/mol. The lowest BCUT2D eigenvalue weighted by Crippen LogP contribution is -2.29. The van der Waals surface area contributed by atoms with Gasteiger partial charge in [0.05, 0.1) is 10.5 Å². The van der Waals surface area contributed by atoms with Crippen molar-refractivity contribution in [2.24, 2.45) is 5.92 Å². The molecular weight excluding hydrogens is 248 g/mol. The van der Waals surface area contributed by atoms with Gasteiger partial charge in [-0.25, -0.2) is 4.98 Å². The Bertz CT molecular complexity index is 476. The summed E-state index contributed by atoms with van der Waals surface area (Å²) >= 11 is 0. The molecule has 0 saturated carbocycles. The molecule has 7 nitrogen and oxygen atoms in total. The van der Waals surface area contributed by atoms with Gasteiger partial charge in [-0.15, -0.1) is 0 Å². The van der Waals surface area contributed by atoms with Gasteiger partial charge >= 0.3 is 0 Å². The van der Waals surface area contributed by atoms with Crippen LogP contribution in [0.25, 0.3) is 0 Å².